The highest BCUT2D eigenvalue weighted by atomic mass is 19.4. The third kappa shape index (κ3) is 6.07. The fraction of sp³-hybridized carbons (Fsp3) is 0.345. The molecule has 9 nitrogen and oxygen atoms in total. The summed E-state index contributed by atoms with van der Waals surface area (Å²) in [5.41, 5.74) is 5.99. The van der Waals surface area contributed by atoms with Crippen LogP contribution in [-0.4, -0.2) is 45.8 Å². The van der Waals surface area contributed by atoms with Crippen molar-refractivity contribution in [3.63, 3.8) is 0 Å². The Kier molecular flexibility index (Phi) is 7.52. The molecule has 0 radical (unpaired) electrons. The fourth-order valence-electron chi connectivity index (χ4n) is 5.24. The molecule has 1 saturated carbocycles. The fourth-order valence-corrected chi connectivity index (χ4v) is 5.24. The van der Waals surface area contributed by atoms with E-state index >= 15 is 0 Å². The lowest BCUT2D eigenvalue weighted by atomic mass is 9.96. The van der Waals surface area contributed by atoms with E-state index in [1.807, 2.05) is 0 Å². The molecule has 1 aliphatic heterocycles. The molecule has 3 N–H and O–H groups in total. The number of nitro groups is 1. The van der Waals surface area contributed by atoms with Crippen LogP contribution in [0.15, 0.2) is 60.8 Å². The van der Waals surface area contributed by atoms with Crippen molar-refractivity contribution in [2.45, 2.75) is 49.9 Å². The maximum atomic E-state index is 13.0. The van der Waals surface area contributed by atoms with E-state index in [-0.39, 0.29) is 17.3 Å². The van der Waals surface area contributed by atoms with Crippen LogP contribution in [0.3, 0.4) is 0 Å². The Morgan fingerprint density at radius 1 is 1.07 bits per heavy atom. The normalized spacial score (nSPS) is 17.1. The van der Waals surface area contributed by atoms with E-state index in [0.717, 1.165) is 17.7 Å². The van der Waals surface area contributed by atoms with Gasteiger partial charge in [-0.25, -0.2) is 0 Å². The molecule has 2 amide bonds. The molecule has 5 rings (SSSR count). The summed E-state index contributed by atoms with van der Waals surface area (Å²) in [6, 6.07) is 12.5. The number of carbonyl (C=O) groups excluding carboxylic acids is 2. The minimum absolute atomic E-state index is 0.142. The van der Waals surface area contributed by atoms with Gasteiger partial charge in [-0.1, -0.05) is 12.1 Å². The Morgan fingerprint density at radius 2 is 1.76 bits per heavy atom. The Labute approximate surface area is 233 Å². The van der Waals surface area contributed by atoms with Crippen molar-refractivity contribution in [2.75, 3.05) is 13.1 Å². The summed E-state index contributed by atoms with van der Waals surface area (Å²) in [4.78, 5) is 42.7. The van der Waals surface area contributed by atoms with Crippen LogP contribution in [0.25, 0.3) is 11.1 Å². The minimum Gasteiger partial charge on any atom is -0.369 e. The monoisotopic (exact) mass is 567 g/mol. The van der Waals surface area contributed by atoms with Crippen molar-refractivity contribution in [1.29, 1.82) is 0 Å². The Bertz CT molecular complexity index is 1480. The maximum Gasteiger partial charge on any atom is 0.416 e. The second kappa shape index (κ2) is 10.9. The zero-order valence-corrected chi connectivity index (χ0v) is 22.0. The number of alkyl halides is 3. The number of hydrogen-bond donors (Lipinski definition) is 2. The third-order valence-electron chi connectivity index (χ3n) is 7.85. The molecule has 1 aromatic heterocycles. The summed E-state index contributed by atoms with van der Waals surface area (Å²) in [6.07, 6.45) is -0.463. The van der Waals surface area contributed by atoms with Crippen LogP contribution in [0.2, 0.25) is 0 Å². The number of nitrogens with one attached hydrogen (secondary N) is 1. The summed E-state index contributed by atoms with van der Waals surface area (Å²) >= 11 is 0. The predicted molar refractivity (Wildman–Crippen MR) is 144 cm³/mol. The third-order valence-corrected chi connectivity index (χ3v) is 7.85. The molecule has 0 atom stereocenters. The molecule has 2 aromatic carbocycles. The van der Waals surface area contributed by atoms with Gasteiger partial charge in [0, 0.05) is 43.5 Å². The standard InChI is InChI=1S/C29H28F3N5O4/c30-29(31,32)21-4-1-18(2-5-21)17-36-13-8-22(9-14-36)35-26(38)20-3-6-23(24(15-20)37(40)41)19-7-12-34-25(16-19)28(10-11-28)27(33)39/h1-7,12,15-16,22H,8-11,13-14,17H2,(H2,33,39)(H,35,38). The molecular weight excluding hydrogens is 539 g/mol. The number of nitrogens with two attached hydrogens (primary N) is 1. The van der Waals surface area contributed by atoms with Crippen LogP contribution >= 0.6 is 0 Å². The number of aromatic nitrogens is 1. The molecule has 0 bridgehead atoms. The lowest BCUT2D eigenvalue weighted by molar-refractivity contribution is -0.384. The van der Waals surface area contributed by atoms with Gasteiger partial charge in [-0.05, 0) is 73.2 Å². The van der Waals surface area contributed by atoms with Crippen molar-refractivity contribution in [1.82, 2.24) is 15.2 Å². The molecule has 3 aromatic rings. The van der Waals surface area contributed by atoms with Crippen molar-refractivity contribution in [3.05, 3.63) is 93.3 Å². The Morgan fingerprint density at radius 3 is 2.34 bits per heavy atom. The number of carbonyl (C=O) groups is 2. The van der Waals surface area contributed by atoms with Gasteiger partial charge in [0.1, 0.15) is 0 Å². The summed E-state index contributed by atoms with van der Waals surface area (Å²) in [6.45, 7) is 1.79. The highest BCUT2D eigenvalue weighted by molar-refractivity contribution is 5.96. The van der Waals surface area contributed by atoms with Gasteiger partial charge >= 0.3 is 6.18 Å². The highest BCUT2D eigenvalue weighted by Crippen LogP contribution is 2.48. The topological polar surface area (TPSA) is 131 Å². The quantitative estimate of drug-likeness (QED) is 0.303. The molecule has 41 heavy (non-hydrogen) atoms. The molecule has 2 fully saturated rings. The van der Waals surface area contributed by atoms with E-state index in [0.29, 0.717) is 62.1 Å². The second-order valence-electron chi connectivity index (χ2n) is 10.6. The van der Waals surface area contributed by atoms with Crippen LogP contribution in [0.5, 0.6) is 0 Å². The molecule has 1 saturated heterocycles. The van der Waals surface area contributed by atoms with Gasteiger partial charge in [0.25, 0.3) is 11.6 Å². The lowest BCUT2D eigenvalue weighted by Crippen LogP contribution is -2.44. The van der Waals surface area contributed by atoms with Gasteiger partial charge in [-0.3, -0.25) is 29.6 Å². The van der Waals surface area contributed by atoms with Gasteiger partial charge in [0.2, 0.25) is 5.91 Å². The molecule has 0 unspecified atom stereocenters. The zero-order chi connectivity index (χ0) is 29.4. The van der Waals surface area contributed by atoms with Gasteiger partial charge in [0.15, 0.2) is 0 Å². The van der Waals surface area contributed by atoms with Crippen LogP contribution in [0.1, 0.15) is 52.9 Å². The molecule has 214 valence electrons. The first kappa shape index (κ1) is 28.2. The van der Waals surface area contributed by atoms with Crippen molar-refractivity contribution in [2.24, 2.45) is 5.73 Å². The summed E-state index contributed by atoms with van der Waals surface area (Å²) in [5, 5.41) is 14.9. The SMILES string of the molecule is NC(=O)C1(c2cc(-c3ccc(C(=O)NC4CCN(Cc5ccc(C(F)(F)F)cc5)CC4)cc3[N+](=O)[O-])ccn2)CC1. The number of nitrogens with zero attached hydrogens (tertiary/aromatic N) is 3. The molecule has 12 heteroatoms. The molecule has 0 spiro atoms. The number of primary amides is 1. The summed E-state index contributed by atoms with van der Waals surface area (Å²) in [7, 11) is 0. The average molecular weight is 568 g/mol. The number of amides is 2. The van der Waals surface area contributed by atoms with Crippen molar-refractivity contribution < 1.29 is 27.7 Å². The van der Waals surface area contributed by atoms with Crippen molar-refractivity contribution in [3.8, 4) is 11.1 Å². The lowest BCUT2D eigenvalue weighted by Gasteiger charge is -2.32. The Balaban J connectivity index is 1.22. The zero-order valence-electron chi connectivity index (χ0n) is 22.0. The first-order valence-electron chi connectivity index (χ1n) is 13.2. The number of halogens is 3. The summed E-state index contributed by atoms with van der Waals surface area (Å²) in [5.74, 6) is -0.906. The summed E-state index contributed by atoms with van der Waals surface area (Å²) < 4.78 is 38.4. The number of likely N-dealkylation sites (tertiary alicyclic amines) is 1. The number of benzene rings is 2. The van der Waals surface area contributed by atoms with Gasteiger partial charge in [-0.15, -0.1) is 0 Å². The first-order chi connectivity index (χ1) is 19.5. The van der Waals surface area contributed by atoms with Crippen LogP contribution in [-0.2, 0) is 22.9 Å². The average Bonchev–Trinajstić information content (AvgIpc) is 3.76. The molecule has 2 aliphatic rings. The first-order valence-corrected chi connectivity index (χ1v) is 13.2. The minimum atomic E-state index is -4.37. The van der Waals surface area contributed by atoms with Gasteiger partial charge in [-0.2, -0.15) is 13.2 Å². The highest BCUT2D eigenvalue weighted by Gasteiger charge is 2.51. The Hall–Kier alpha value is -4.32. The molecule has 1 aliphatic carbocycles. The maximum absolute atomic E-state index is 13.0. The van der Waals surface area contributed by atoms with Crippen LogP contribution < -0.4 is 11.1 Å². The van der Waals surface area contributed by atoms with Crippen LogP contribution in [0.4, 0.5) is 18.9 Å². The largest absolute Gasteiger partial charge is 0.416 e. The molecular formula is C29H28F3N5O4. The number of hydrogen-bond acceptors (Lipinski definition) is 6. The number of rotatable bonds is 8. The van der Waals surface area contributed by atoms with E-state index in [9.17, 15) is 32.9 Å². The van der Waals surface area contributed by atoms with E-state index in [2.05, 4.69) is 15.2 Å². The number of piperidine rings is 1. The smallest absolute Gasteiger partial charge is 0.369 e. The predicted octanol–water partition coefficient (Wildman–Crippen LogP) is 4.59. The molecule has 2 heterocycles. The van der Waals surface area contributed by atoms with Crippen molar-refractivity contribution >= 4 is 17.5 Å². The number of pyridine rings is 1. The van der Waals surface area contributed by atoms with E-state index in [4.69, 9.17) is 5.73 Å². The van der Waals surface area contributed by atoms with E-state index < -0.39 is 33.9 Å². The van der Waals surface area contributed by atoms with Gasteiger partial charge in [0.05, 0.1) is 27.2 Å². The van der Waals surface area contributed by atoms with Crippen LogP contribution in [0, 0.1) is 10.1 Å². The van der Waals surface area contributed by atoms with E-state index in [1.54, 1.807) is 12.1 Å². The van der Waals surface area contributed by atoms with Gasteiger partial charge < -0.3 is 11.1 Å². The second-order valence-corrected chi connectivity index (χ2v) is 10.6. The van der Waals surface area contributed by atoms with E-state index in [1.165, 1.54) is 36.5 Å². The number of nitro benzene ring substituents is 1.